The normalized spacial score (nSPS) is 10.7. The first-order valence-corrected chi connectivity index (χ1v) is 9.32. The number of hydrogen-bond donors (Lipinski definition) is 1. The third-order valence-electron chi connectivity index (χ3n) is 3.83. The summed E-state index contributed by atoms with van der Waals surface area (Å²) >= 11 is 3.41. The minimum absolute atomic E-state index is 0.00321. The molecule has 2 aromatic carbocycles. The van der Waals surface area contributed by atoms with Crippen LogP contribution in [0.3, 0.4) is 0 Å². The number of hydrazone groups is 1. The van der Waals surface area contributed by atoms with E-state index in [1.807, 2.05) is 0 Å². The Labute approximate surface area is 178 Å². The molecule has 0 atom stereocenters. The van der Waals surface area contributed by atoms with Crippen LogP contribution in [-0.2, 0) is 6.61 Å². The molecule has 3 aromatic rings. The van der Waals surface area contributed by atoms with E-state index in [4.69, 9.17) is 4.74 Å². The first-order valence-electron chi connectivity index (χ1n) is 8.53. The highest BCUT2D eigenvalue weighted by Crippen LogP contribution is 2.26. The number of nitro groups is 1. The molecule has 0 radical (unpaired) electrons. The summed E-state index contributed by atoms with van der Waals surface area (Å²) in [7, 11) is 0. The first-order chi connectivity index (χ1) is 14.4. The zero-order valence-electron chi connectivity index (χ0n) is 15.3. The van der Waals surface area contributed by atoms with Crippen LogP contribution in [0.4, 0.5) is 10.1 Å². The maximum atomic E-state index is 12.9. The van der Waals surface area contributed by atoms with Crippen LogP contribution >= 0.6 is 15.9 Å². The maximum Gasteiger partial charge on any atom is 0.289 e. The van der Waals surface area contributed by atoms with Gasteiger partial charge < -0.3 is 4.74 Å². The molecule has 0 unspecified atom stereocenters. The van der Waals surface area contributed by atoms with Crippen LogP contribution in [0.1, 0.15) is 21.6 Å². The van der Waals surface area contributed by atoms with Crippen molar-refractivity contribution >= 4 is 33.7 Å². The van der Waals surface area contributed by atoms with E-state index in [0.717, 1.165) is 11.8 Å². The van der Waals surface area contributed by atoms with Crippen molar-refractivity contribution in [2.24, 2.45) is 5.10 Å². The Balaban J connectivity index is 1.56. The summed E-state index contributed by atoms with van der Waals surface area (Å²) in [6, 6.07) is 13.7. The van der Waals surface area contributed by atoms with Crippen LogP contribution in [0.25, 0.3) is 0 Å². The summed E-state index contributed by atoms with van der Waals surface area (Å²) in [5.41, 5.74) is 3.62. The fraction of sp³-hybridized carbons (Fsp3) is 0.0500. The van der Waals surface area contributed by atoms with E-state index >= 15 is 0 Å². The molecule has 1 aromatic heterocycles. The number of amides is 1. The van der Waals surface area contributed by atoms with E-state index in [2.05, 4.69) is 31.4 Å². The number of carbonyl (C=O) groups is 1. The van der Waals surface area contributed by atoms with Gasteiger partial charge in [-0.3, -0.25) is 14.9 Å². The molecule has 1 heterocycles. The fourth-order valence-electron chi connectivity index (χ4n) is 2.31. The second-order valence-corrected chi connectivity index (χ2v) is 6.82. The molecular weight excluding hydrogens is 459 g/mol. The van der Waals surface area contributed by atoms with Gasteiger partial charge >= 0.3 is 0 Å². The number of benzene rings is 2. The third kappa shape index (κ3) is 5.67. The highest BCUT2D eigenvalue weighted by Gasteiger charge is 2.10. The Morgan fingerprint density at radius 1 is 1.23 bits per heavy atom. The van der Waals surface area contributed by atoms with Crippen molar-refractivity contribution in [3.05, 3.63) is 98.0 Å². The van der Waals surface area contributed by atoms with E-state index in [-0.39, 0.29) is 23.8 Å². The van der Waals surface area contributed by atoms with E-state index in [0.29, 0.717) is 15.8 Å². The lowest BCUT2D eigenvalue weighted by atomic mass is 10.2. The van der Waals surface area contributed by atoms with Crippen molar-refractivity contribution in [3.63, 3.8) is 0 Å². The van der Waals surface area contributed by atoms with Crippen LogP contribution in [0.2, 0.25) is 0 Å². The number of hydrogen-bond acceptors (Lipinski definition) is 6. The summed E-state index contributed by atoms with van der Waals surface area (Å²) in [6.45, 7) is 0.282. The van der Waals surface area contributed by atoms with E-state index in [1.54, 1.807) is 30.3 Å². The molecule has 0 spiro atoms. The molecule has 0 aliphatic carbocycles. The number of nitrogens with zero attached hydrogens (tertiary/aromatic N) is 3. The Bertz CT molecular complexity index is 1090. The molecule has 0 saturated carbocycles. The van der Waals surface area contributed by atoms with E-state index in [9.17, 15) is 19.3 Å². The lowest BCUT2D eigenvalue weighted by molar-refractivity contribution is -0.385. The van der Waals surface area contributed by atoms with Gasteiger partial charge in [-0.2, -0.15) is 5.10 Å². The molecule has 0 bridgehead atoms. The smallest absolute Gasteiger partial charge is 0.289 e. The second kappa shape index (κ2) is 9.70. The minimum Gasteiger partial charge on any atom is -0.488 e. The molecule has 10 heteroatoms. The Kier molecular flexibility index (Phi) is 6.81. The average Bonchev–Trinajstić information content (AvgIpc) is 2.74. The summed E-state index contributed by atoms with van der Waals surface area (Å²) in [5, 5.41) is 14.5. The third-order valence-corrected chi connectivity index (χ3v) is 4.45. The highest BCUT2D eigenvalue weighted by atomic mass is 79.9. The van der Waals surface area contributed by atoms with Crippen LogP contribution in [-0.4, -0.2) is 22.0 Å². The Morgan fingerprint density at radius 2 is 2.00 bits per heavy atom. The van der Waals surface area contributed by atoms with Crippen LogP contribution < -0.4 is 10.2 Å². The van der Waals surface area contributed by atoms with Gasteiger partial charge in [-0.15, -0.1) is 0 Å². The predicted octanol–water partition coefficient (Wildman–Crippen LogP) is 4.23. The molecule has 8 nitrogen and oxygen atoms in total. The zero-order chi connectivity index (χ0) is 21.5. The Morgan fingerprint density at radius 3 is 2.63 bits per heavy atom. The molecular formula is C20H14BrFN4O4. The zero-order valence-corrected chi connectivity index (χ0v) is 16.9. The lowest BCUT2D eigenvalue weighted by Crippen LogP contribution is -2.18. The number of nitrogens with one attached hydrogen (secondary N) is 1. The molecule has 0 fully saturated rings. The van der Waals surface area contributed by atoms with Crippen LogP contribution in [0, 0.1) is 15.9 Å². The standard InChI is InChI=1S/C20H14BrFN4O4/c21-17-9-14(3-8-19(17)30-12-13-1-4-15(22)5-2-13)10-24-25-20(27)18-7-6-16(11-23-18)26(28)29/h1-11H,12H2,(H,25,27)/b24-10-. The number of ether oxygens (including phenoxy) is 1. The molecule has 0 aliphatic rings. The summed E-state index contributed by atoms with van der Waals surface area (Å²) in [6.07, 6.45) is 2.43. The number of aromatic nitrogens is 1. The van der Waals surface area contributed by atoms with Gasteiger partial charge in [0.25, 0.3) is 11.6 Å². The second-order valence-electron chi connectivity index (χ2n) is 5.96. The topological polar surface area (TPSA) is 107 Å². The molecule has 1 N–H and O–H groups in total. The number of carbonyl (C=O) groups excluding carboxylic acids is 1. The van der Waals surface area contributed by atoms with Gasteiger partial charge in [0.05, 0.1) is 15.6 Å². The lowest BCUT2D eigenvalue weighted by Gasteiger charge is -2.09. The number of halogens is 2. The summed E-state index contributed by atoms with van der Waals surface area (Å²) < 4.78 is 19.3. The van der Waals surface area contributed by atoms with Gasteiger partial charge in [-0.1, -0.05) is 12.1 Å². The van der Waals surface area contributed by atoms with Crippen molar-refractivity contribution < 1.29 is 18.8 Å². The molecule has 0 aliphatic heterocycles. The first kappa shape index (κ1) is 21.1. The summed E-state index contributed by atoms with van der Waals surface area (Å²) in [4.78, 5) is 25.7. The number of rotatable bonds is 7. The molecule has 152 valence electrons. The van der Waals surface area contributed by atoms with Gasteiger partial charge in [-0.25, -0.2) is 14.8 Å². The van der Waals surface area contributed by atoms with Crippen molar-refractivity contribution in [2.75, 3.05) is 0 Å². The van der Waals surface area contributed by atoms with Crippen LogP contribution in [0.15, 0.2) is 70.4 Å². The SMILES string of the molecule is O=C(N/N=C\c1ccc(OCc2ccc(F)cc2)c(Br)c1)c1ccc([N+](=O)[O-])cn1. The number of pyridine rings is 1. The van der Waals surface area contributed by atoms with Crippen molar-refractivity contribution in [1.29, 1.82) is 0 Å². The van der Waals surface area contributed by atoms with Gasteiger partial charge in [-0.05, 0) is 63.5 Å². The van der Waals surface area contributed by atoms with E-state index in [1.165, 1.54) is 30.5 Å². The summed E-state index contributed by atoms with van der Waals surface area (Å²) in [5.74, 6) is -0.310. The molecule has 30 heavy (non-hydrogen) atoms. The fourth-order valence-corrected chi connectivity index (χ4v) is 2.82. The molecule has 3 rings (SSSR count). The maximum absolute atomic E-state index is 12.9. The van der Waals surface area contributed by atoms with Gasteiger partial charge in [0.1, 0.15) is 30.1 Å². The monoisotopic (exact) mass is 472 g/mol. The van der Waals surface area contributed by atoms with E-state index < -0.39 is 10.8 Å². The van der Waals surface area contributed by atoms with Crippen LogP contribution in [0.5, 0.6) is 5.75 Å². The minimum atomic E-state index is -0.599. The van der Waals surface area contributed by atoms with Crippen molar-refractivity contribution in [3.8, 4) is 5.75 Å². The molecule has 0 saturated heterocycles. The van der Waals surface area contributed by atoms with Crippen molar-refractivity contribution in [1.82, 2.24) is 10.4 Å². The quantitative estimate of drug-likeness (QED) is 0.314. The highest BCUT2D eigenvalue weighted by molar-refractivity contribution is 9.10. The largest absolute Gasteiger partial charge is 0.488 e. The van der Waals surface area contributed by atoms with Gasteiger partial charge in [0.15, 0.2) is 0 Å². The molecule has 1 amide bonds. The van der Waals surface area contributed by atoms with Crippen molar-refractivity contribution in [2.45, 2.75) is 6.61 Å². The predicted molar refractivity (Wildman–Crippen MR) is 111 cm³/mol. The van der Waals surface area contributed by atoms with Gasteiger partial charge in [0.2, 0.25) is 0 Å². The average molecular weight is 473 g/mol. The Hall–Kier alpha value is -3.66. The van der Waals surface area contributed by atoms with Gasteiger partial charge in [0, 0.05) is 6.07 Å².